The summed E-state index contributed by atoms with van der Waals surface area (Å²) in [6.07, 6.45) is 4.68. The minimum atomic E-state index is -0.414. The summed E-state index contributed by atoms with van der Waals surface area (Å²) in [5.41, 5.74) is 0. The molecular weight excluding hydrogens is 270 g/mol. The van der Waals surface area contributed by atoms with E-state index >= 15 is 0 Å². The highest BCUT2D eigenvalue weighted by atomic mass is 16.3. The van der Waals surface area contributed by atoms with Crippen molar-refractivity contribution in [2.75, 3.05) is 23.7 Å². The van der Waals surface area contributed by atoms with E-state index in [1.54, 1.807) is 23.1 Å². The SMILES string of the molecule is CCCC(O)CNc1nc(NCC)nc(-n2cccn2)n1. The Morgan fingerprint density at radius 3 is 2.57 bits per heavy atom. The predicted octanol–water partition coefficient (Wildman–Crippen LogP) is 1.06. The Morgan fingerprint density at radius 1 is 1.19 bits per heavy atom. The lowest BCUT2D eigenvalue weighted by atomic mass is 10.2. The second-order valence-corrected chi connectivity index (χ2v) is 4.59. The zero-order valence-corrected chi connectivity index (χ0v) is 12.3. The molecule has 0 amide bonds. The van der Waals surface area contributed by atoms with Crippen molar-refractivity contribution in [3.63, 3.8) is 0 Å². The Labute approximate surface area is 123 Å². The molecule has 0 aliphatic heterocycles. The number of aromatic nitrogens is 5. The molecule has 0 saturated heterocycles. The Bertz CT molecular complexity index is 543. The van der Waals surface area contributed by atoms with Crippen LogP contribution in [-0.4, -0.2) is 49.0 Å². The third-order valence-corrected chi connectivity index (χ3v) is 2.79. The highest BCUT2D eigenvalue weighted by molar-refractivity contribution is 5.37. The quantitative estimate of drug-likeness (QED) is 0.668. The van der Waals surface area contributed by atoms with E-state index in [1.807, 2.05) is 13.8 Å². The minimum absolute atomic E-state index is 0.405. The molecule has 0 aliphatic rings. The number of anilines is 2. The van der Waals surface area contributed by atoms with Gasteiger partial charge in [0.25, 0.3) is 5.95 Å². The molecule has 3 N–H and O–H groups in total. The maximum absolute atomic E-state index is 9.77. The Morgan fingerprint density at radius 2 is 1.95 bits per heavy atom. The van der Waals surface area contributed by atoms with Crippen LogP contribution in [0.1, 0.15) is 26.7 Å². The molecule has 2 heterocycles. The van der Waals surface area contributed by atoms with Gasteiger partial charge in [-0.05, 0) is 19.4 Å². The molecular formula is C13H21N7O. The van der Waals surface area contributed by atoms with Crippen molar-refractivity contribution in [2.45, 2.75) is 32.8 Å². The van der Waals surface area contributed by atoms with Gasteiger partial charge < -0.3 is 15.7 Å². The first-order valence-corrected chi connectivity index (χ1v) is 7.14. The number of aliphatic hydroxyl groups excluding tert-OH is 1. The smallest absolute Gasteiger partial charge is 0.257 e. The molecule has 2 rings (SSSR count). The van der Waals surface area contributed by atoms with Crippen LogP contribution in [0.2, 0.25) is 0 Å². The van der Waals surface area contributed by atoms with Crippen LogP contribution in [0.25, 0.3) is 5.95 Å². The van der Waals surface area contributed by atoms with Crippen molar-refractivity contribution in [3.8, 4) is 5.95 Å². The van der Waals surface area contributed by atoms with Crippen molar-refractivity contribution in [1.82, 2.24) is 24.7 Å². The first-order chi connectivity index (χ1) is 10.2. The van der Waals surface area contributed by atoms with E-state index in [1.165, 1.54) is 0 Å². The van der Waals surface area contributed by atoms with Crippen LogP contribution in [0.5, 0.6) is 0 Å². The number of aliphatic hydroxyl groups is 1. The summed E-state index contributed by atoms with van der Waals surface area (Å²) in [6.45, 7) is 5.11. The second-order valence-electron chi connectivity index (χ2n) is 4.59. The van der Waals surface area contributed by atoms with Crippen molar-refractivity contribution < 1.29 is 5.11 Å². The van der Waals surface area contributed by atoms with Gasteiger partial charge in [-0.25, -0.2) is 4.68 Å². The summed E-state index contributed by atoms with van der Waals surface area (Å²) in [6, 6.07) is 1.80. The fourth-order valence-corrected chi connectivity index (χ4v) is 1.81. The summed E-state index contributed by atoms with van der Waals surface area (Å²) in [5.74, 6) is 1.32. The molecule has 2 aromatic heterocycles. The molecule has 0 saturated carbocycles. The zero-order valence-electron chi connectivity index (χ0n) is 12.3. The van der Waals surface area contributed by atoms with Crippen molar-refractivity contribution in [3.05, 3.63) is 18.5 Å². The number of nitrogens with zero attached hydrogens (tertiary/aromatic N) is 5. The van der Waals surface area contributed by atoms with Crippen LogP contribution >= 0.6 is 0 Å². The van der Waals surface area contributed by atoms with Gasteiger partial charge in [-0.3, -0.25) is 0 Å². The maximum Gasteiger partial charge on any atom is 0.257 e. The van der Waals surface area contributed by atoms with Gasteiger partial charge >= 0.3 is 0 Å². The van der Waals surface area contributed by atoms with Gasteiger partial charge in [-0.15, -0.1) is 0 Å². The van der Waals surface area contributed by atoms with Crippen LogP contribution in [0.3, 0.4) is 0 Å². The normalized spacial score (nSPS) is 12.1. The van der Waals surface area contributed by atoms with Crippen LogP contribution in [0.4, 0.5) is 11.9 Å². The van der Waals surface area contributed by atoms with E-state index in [-0.39, 0.29) is 0 Å². The summed E-state index contributed by atoms with van der Waals surface area (Å²) < 4.78 is 1.57. The van der Waals surface area contributed by atoms with Crippen LogP contribution in [0, 0.1) is 0 Å². The summed E-state index contributed by atoms with van der Waals surface area (Å²) >= 11 is 0. The van der Waals surface area contributed by atoms with Gasteiger partial charge in [-0.1, -0.05) is 13.3 Å². The first-order valence-electron chi connectivity index (χ1n) is 7.14. The number of hydrogen-bond donors (Lipinski definition) is 3. The molecule has 0 fully saturated rings. The fourth-order valence-electron chi connectivity index (χ4n) is 1.81. The number of nitrogens with one attached hydrogen (secondary N) is 2. The van der Waals surface area contributed by atoms with Gasteiger partial charge in [0.15, 0.2) is 0 Å². The predicted molar refractivity (Wildman–Crippen MR) is 80.5 cm³/mol. The van der Waals surface area contributed by atoms with Gasteiger partial charge in [0, 0.05) is 25.5 Å². The minimum Gasteiger partial charge on any atom is -0.391 e. The average Bonchev–Trinajstić information content (AvgIpc) is 3.00. The van der Waals surface area contributed by atoms with Gasteiger partial charge in [0.1, 0.15) is 0 Å². The Hall–Kier alpha value is -2.22. The highest BCUT2D eigenvalue weighted by Gasteiger charge is 2.09. The molecule has 2 aromatic rings. The Balaban J connectivity index is 2.16. The third kappa shape index (κ3) is 4.38. The summed E-state index contributed by atoms with van der Waals surface area (Å²) in [5, 5.41) is 20.0. The van der Waals surface area contributed by atoms with E-state index in [2.05, 4.69) is 30.7 Å². The van der Waals surface area contributed by atoms with Crippen molar-refractivity contribution in [2.24, 2.45) is 0 Å². The van der Waals surface area contributed by atoms with E-state index in [0.29, 0.717) is 30.9 Å². The molecule has 1 unspecified atom stereocenters. The van der Waals surface area contributed by atoms with Crippen LogP contribution in [0.15, 0.2) is 18.5 Å². The zero-order chi connectivity index (χ0) is 15.1. The van der Waals surface area contributed by atoms with Crippen LogP contribution < -0.4 is 10.6 Å². The topological polar surface area (TPSA) is 101 Å². The lowest BCUT2D eigenvalue weighted by Gasteiger charge is -2.12. The number of hydrogen-bond acceptors (Lipinski definition) is 7. The summed E-state index contributed by atoms with van der Waals surface area (Å²) in [4.78, 5) is 12.9. The molecule has 0 aromatic carbocycles. The Kier molecular flexibility index (Phi) is 5.44. The molecule has 0 aliphatic carbocycles. The highest BCUT2D eigenvalue weighted by Crippen LogP contribution is 2.09. The lowest BCUT2D eigenvalue weighted by molar-refractivity contribution is 0.176. The van der Waals surface area contributed by atoms with Crippen molar-refractivity contribution in [1.29, 1.82) is 0 Å². The monoisotopic (exact) mass is 291 g/mol. The van der Waals surface area contributed by atoms with E-state index in [4.69, 9.17) is 0 Å². The molecule has 1 atom stereocenters. The van der Waals surface area contributed by atoms with Gasteiger partial charge in [0.2, 0.25) is 11.9 Å². The molecule has 21 heavy (non-hydrogen) atoms. The molecule has 8 heteroatoms. The van der Waals surface area contributed by atoms with E-state index in [9.17, 15) is 5.11 Å². The average molecular weight is 291 g/mol. The maximum atomic E-state index is 9.77. The fraction of sp³-hybridized carbons (Fsp3) is 0.538. The van der Waals surface area contributed by atoms with E-state index in [0.717, 1.165) is 12.8 Å². The third-order valence-electron chi connectivity index (χ3n) is 2.79. The second kappa shape index (κ2) is 7.53. The molecule has 114 valence electrons. The van der Waals surface area contributed by atoms with Crippen molar-refractivity contribution >= 4 is 11.9 Å². The van der Waals surface area contributed by atoms with E-state index < -0.39 is 6.10 Å². The number of rotatable bonds is 8. The molecule has 0 spiro atoms. The molecule has 8 nitrogen and oxygen atoms in total. The molecule has 0 bridgehead atoms. The summed E-state index contributed by atoms with van der Waals surface area (Å²) in [7, 11) is 0. The lowest BCUT2D eigenvalue weighted by Crippen LogP contribution is -2.21. The van der Waals surface area contributed by atoms with Crippen LogP contribution in [-0.2, 0) is 0 Å². The molecule has 0 radical (unpaired) electrons. The standard InChI is InChI=1S/C13H21N7O/c1-3-6-10(21)9-15-12-17-11(14-4-2)18-13(19-12)20-8-5-7-16-20/h5,7-8,10,21H,3-4,6,9H2,1-2H3,(H2,14,15,17,18,19). The largest absolute Gasteiger partial charge is 0.391 e. The first kappa shape index (κ1) is 15.2. The van der Waals surface area contributed by atoms with Gasteiger partial charge in [0.05, 0.1) is 6.10 Å². The van der Waals surface area contributed by atoms with Gasteiger partial charge in [-0.2, -0.15) is 20.1 Å².